The summed E-state index contributed by atoms with van der Waals surface area (Å²) in [4.78, 5) is 19.0. The van der Waals surface area contributed by atoms with E-state index in [1.54, 1.807) is 7.05 Å². The third-order valence-corrected chi connectivity index (χ3v) is 6.09. The Balaban J connectivity index is 0.00000300. The molecule has 0 spiro atoms. The van der Waals surface area contributed by atoms with Crippen molar-refractivity contribution >= 4 is 35.8 Å². The molecule has 1 aliphatic heterocycles. The molecule has 1 aliphatic carbocycles. The van der Waals surface area contributed by atoms with Crippen molar-refractivity contribution < 1.29 is 9.18 Å². The molecule has 1 aromatic rings. The zero-order chi connectivity index (χ0) is 20.1. The van der Waals surface area contributed by atoms with Crippen LogP contribution in [0.4, 0.5) is 4.39 Å². The van der Waals surface area contributed by atoms with Gasteiger partial charge >= 0.3 is 0 Å². The normalized spacial score (nSPS) is 20.5. The van der Waals surface area contributed by atoms with Gasteiger partial charge in [-0.3, -0.25) is 9.79 Å². The van der Waals surface area contributed by atoms with Gasteiger partial charge in [0.2, 0.25) is 5.91 Å². The number of carbonyl (C=O) groups is 1. The fourth-order valence-corrected chi connectivity index (χ4v) is 4.21. The second kappa shape index (κ2) is 10.6. The van der Waals surface area contributed by atoms with E-state index in [0.29, 0.717) is 12.5 Å². The van der Waals surface area contributed by atoms with Gasteiger partial charge in [-0.15, -0.1) is 24.0 Å². The van der Waals surface area contributed by atoms with E-state index in [1.807, 2.05) is 17.0 Å². The number of halogens is 2. The molecular formula is C22H34FIN4O. The zero-order valence-electron chi connectivity index (χ0n) is 17.7. The Morgan fingerprint density at radius 3 is 2.48 bits per heavy atom. The number of nitrogens with one attached hydrogen (secondary N) is 2. The van der Waals surface area contributed by atoms with E-state index in [9.17, 15) is 9.18 Å². The predicted octanol–water partition coefficient (Wildman–Crippen LogP) is 3.68. The molecule has 1 aromatic carbocycles. The number of guanidine groups is 1. The van der Waals surface area contributed by atoms with Crippen LogP contribution in [-0.2, 0) is 10.2 Å². The van der Waals surface area contributed by atoms with Gasteiger partial charge in [0.15, 0.2) is 5.96 Å². The molecular weight excluding hydrogens is 482 g/mol. The zero-order valence-corrected chi connectivity index (χ0v) is 20.0. The lowest BCUT2D eigenvalue weighted by molar-refractivity contribution is -0.134. The Morgan fingerprint density at radius 1 is 1.21 bits per heavy atom. The summed E-state index contributed by atoms with van der Waals surface area (Å²) in [6.45, 7) is 6.49. The predicted molar refractivity (Wildman–Crippen MR) is 126 cm³/mol. The minimum Gasteiger partial charge on any atom is -0.356 e. The number of likely N-dealkylation sites (tertiary alicyclic amines) is 1. The summed E-state index contributed by atoms with van der Waals surface area (Å²) in [5.41, 5.74) is 0.914. The summed E-state index contributed by atoms with van der Waals surface area (Å²) in [5, 5.41) is 6.85. The summed E-state index contributed by atoms with van der Waals surface area (Å²) < 4.78 is 13.2. The lowest BCUT2D eigenvalue weighted by atomic mass is 9.84. The van der Waals surface area contributed by atoms with Crippen molar-refractivity contribution in [1.29, 1.82) is 0 Å². The van der Waals surface area contributed by atoms with Crippen LogP contribution in [0, 0.1) is 11.7 Å². The fraction of sp³-hybridized carbons (Fsp3) is 0.636. The van der Waals surface area contributed by atoms with Gasteiger partial charge in [0.05, 0.1) is 0 Å². The number of aliphatic imine (C=N–C) groups is 1. The molecule has 1 heterocycles. The number of hydrogen-bond donors (Lipinski definition) is 2. The summed E-state index contributed by atoms with van der Waals surface area (Å²) in [6, 6.07) is 6.88. The Kier molecular flexibility index (Phi) is 8.73. The highest BCUT2D eigenvalue weighted by Crippen LogP contribution is 2.28. The Bertz CT molecular complexity index is 701. The molecule has 0 bridgehead atoms. The monoisotopic (exact) mass is 516 g/mol. The molecule has 1 amide bonds. The number of hydrogen-bond acceptors (Lipinski definition) is 2. The van der Waals surface area contributed by atoms with E-state index in [2.05, 4.69) is 29.5 Å². The van der Waals surface area contributed by atoms with E-state index >= 15 is 0 Å². The Hall–Kier alpha value is -1.38. The van der Waals surface area contributed by atoms with Gasteiger partial charge < -0.3 is 15.5 Å². The maximum atomic E-state index is 13.2. The van der Waals surface area contributed by atoms with Crippen LogP contribution in [0.1, 0.15) is 51.5 Å². The first-order valence-corrected chi connectivity index (χ1v) is 10.4. The average Bonchev–Trinajstić information content (AvgIpc) is 3.37. The Labute approximate surface area is 190 Å². The van der Waals surface area contributed by atoms with Gasteiger partial charge in [-0.25, -0.2) is 4.39 Å². The molecule has 1 saturated carbocycles. The van der Waals surface area contributed by atoms with Crippen LogP contribution >= 0.6 is 24.0 Å². The average molecular weight is 516 g/mol. The van der Waals surface area contributed by atoms with Crippen LogP contribution in [0.5, 0.6) is 0 Å². The number of amides is 1. The maximum Gasteiger partial charge on any atom is 0.225 e. The topological polar surface area (TPSA) is 56.7 Å². The number of carbonyl (C=O) groups excluding carboxylic acids is 1. The van der Waals surface area contributed by atoms with E-state index in [1.165, 1.54) is 25.0 Å². The number of rotatable bonds is 5. The third kappa shape index (κ3) is 6.30. The first-order valence-electron chi connectivity index (χ1n) is 10.4. The first kappa shape index (κ1) is 23.9. The lowest BCUT2D eigenvalue weighted by Crippen LogP contribution is -2.48. The van der Waals surface area contributed by atoms with Crippen LogP contribution in [0.2, 0.25) is 0 Å². The lowest BCUT2D eigenvalue weighted by Gasteiger charge is -2.27. The second-order valence-corrected chi connectivity index (χ2v) is 8.71. The molecule has 162 valence electrons. The molecule has 1 saturated heterocycles. The number of benzene rings is 1. The quantitative estimate of drug-likeness (QED) is 0.357. The maximum absolute atomic E-state index is 13.2. The van der Waals surface area contributed by atoms with Gasteiger partial charge in [-0.1, -0.05) is 38.8 Å². The molecule has 1 unspecified atom stereocenters. The highest BCUT2D eigenvalue weighted by atomic mass is 127. The summed E-state index contributed by atoms with van der Waals surface area (Å²) in [7, 11) is 1.76. The van der Waals surface area contributed by atoms with Crippen LogP contribution in [-0.4, -0.2) is 49.5 Å². The largest absolute Gasteiger partial charge is 0.356 e. The van der Waals surface area contributed by atoms with Crippen molar-refractivity contribution in [3.63, 3.8) is 0 Å². The minimum atomic E-state index is -0.220. The van der Waals surface area contributed by atoms with Gasteiger partial charge in [0.25, 0.3) is 0 Å². The molecule has 1 atom stereocenters. The standard InChI is InChI=1S/C22H33FN4O.HI/c1-22(2,17-8-10-18(23)11-9-17)15-25-21(24-3)26-19-12-13-27(14-19)20(28)16-6-4-5-7-16;/h8-11,16,19H,4-7,12-15H2,1-3H3,(H2,24,25,26);1H. The van der Waals surface area contributed by atoms with Crippen molar-refractivity contribution in [2.45, 2.75) is 57.4 Å². The SMILES string of the molecule is CN=C(NCC(C)(C)c1ccc(F)cc1)NC1CCN(C(=O)C2CCCC2)C1.I. The van der Waals surface area contributed by atoms with Gasteiger partial charge in [0, 0.05) is 44.1 Å². The molecule has 2 aliphatic rings. The molecule has 29 heavy (non-hydrogen) atoms. The highest BCUT2D eigenvalue weighted by Gasteiger charge is 2.32. The van der Waals surface area contributed by atoms with Crippen molar-refractivity contribution in [3.8, 4) is 0 Å². The van der Waals surface area contributed by atoms with E-state index in [-0.39, 0.29) is 47.2 Å². The molecule has 2 N–H and O–H groups in total. The summed E-state index contributed by atoms with van der Waals surface area (Å²) in [6.07, 6.45) is 5.42. The van der Waals surface area contributed by atoms with E-state index in [4.69, 9.17) is 0 Å². The molecule has 0 aromatic heterocycles. The minimum absolute atomic E-state index is 0. The summed E-state index contributed by atoms with van der Waals surface area (Å²) in [5.74, 6) is 1.10. The van der Waals surface area contributed by atoms with Gasteiger partial charge in [-0.05, 0) is 37.0 Å². The third-order valence-electron chi connectivity index (χ3n) is 6.09. The highest BCUT2D eigenvalue weighted by molar-refractivity contribution is 14.0. The van der Waals surface area contributed by atoms with Crippen molar-refractivity contribution in [2.24, 2.45) is 10.9 Å². The van der Waals surface area contributed by atoms with Crippen molar-refractivity contribution in [1.82, 2.24) is 15.5 Å². The fourth-order valence-electron chi connectivity index (χ4n) is 4.21. The van der Waals surface area contributed by atoms with Crippen LogP contribution in [0.3, 0.4) is 0 Å². The van der Waals surface area contributed by atoms with Crippen LogP contribution in [0.15, 0.2) is 29.3 Å². The molecule has 0 radical (unpaired) electrons. The Morgan fingerprint density at radius 2 is 1.86 bits per heavy atom. The second-order valence-electron chi connectivity index (χ2n) is 8.71. The van der Waals surface area contributed by atoms with E-state index < -0.39 is 0 Å². The first-order chi connectivity index (χ1) is 13.4. The van der Waals surface area contributed by atoms with Crippen LogP contribution < -0.4 is 10.6 Å². The van der Waals surface area contributed by atoms with E-state index in [0.717, 1.165) is 43.9 Å². The van der Waals surface area contributed by atoms with Crippen molar-refractivity contribution in [3.05, 3.63) is 35.6 Å². The smallest absolute Gasteiger partial charge is 0.225 e. The molecule has 5 nitrogen and oxygen atoms in total. The number of nitrogens with zero attached hydrogens (tertiary/aromatic N) is 2. The van der Waals surface area contributed by atoms with Gasteiger partial charge in [-0.2, -0.15) is 0 Å². The molecule has 7 heteroatoms. The van der Waals surface area contributed by atoms with Crippen molar-refractivity contribution in [2.75, 3.05) is 26.7 Å². The van der Waals surface area contributed by atoms with Crippen LogP contribution in [0.25, 0.3) is 0 Å². The molecule has 3 rings (SSSR count). The summed E-state index contributed by atoms with van der Waals surface area (Å²) >= 11 is 0. The van der Waals surface area contributed by atoms with Gasteiger partial charge in [0.1, 0.15) is 5.82 Å². The molecule has 2 fully saturated rings.